The third-order valence-corrected chi connectivity index (χ3v) is 4.02. The first-order valence-corrected chi connectivity index (χ1v) is 6.84. The summed E-state index contributed by atoms with van der Waals surface area (Å²) in [5, 5.41) is 2.74. The van der Waals surface area contributed by atoms with Crippen LogP contribution in [0.5, 0.6) is 0 Å². The minimum absolute atomic E-state index is 0.0148. The maximum atomic E-state index is 11.9. The fraction of sp³-hybridized carbons (Fsp3) is 0.385. The van der Waals surface area contributed by atoms with Gasteiger partial charge in [-0.05, 0) is 32.0 Å². The van der Waals surface area contributed by atoms with Crippen LogP contribution in [0.4, 0.5) is 5.69 Å². The zero-order chi connectivity index (χ0) is 13.1. The average molecular weight is 264 g/mol. The second kappa shape index (κ2) is 5.54. The molecule has 1 aliphatic heterocycles. The molecule has 0 bridgehead atoms. The first-order valence-electron chi connectivity index (χ1n) is 5.96. The highest BCUT2D eigenvalue weighted by atomic mass is 32.2. The molecule has 2 rings (SSSR count). The molecule has 0 saturated carbocycles. The normalized spacial score (nSPS) is 18.1. The van der Waals surface area contributed by atoms with Crippen LogP contribution in [0, 0.1) is 0 Å². The maximum absolute atomic E-state index is 11.9. The largest absolute Gasteiger partial charge is 0.330 e. The Bertz CT molecular complexity index is 488. The number of carbonyl (C=O) groups is 2. The van der Waals surface area contributed by atoms with E-state index in [1.807, 2.05) is 19.1 Å². The van der Waals surface area contributed by atoms with Gasteiger partial charge in [0.05, 0.1) is 10.9 Å². The summed E-state index contributed by atoms with van der Waals surface area (Å²) < 4.78 is 0. The molecule has 1 amide bonds. The van der Waals surface area contributed by atoms with Crippen molar-refractivity contribution in [3.63, 3.8) is 0 Å². The molecule has 0 fully saturated rings. The van der Waals surface area contributed by atoms with Crippen LogP contribution in [-0.2, 0) is 4.79 Å². The number of anilines is 1. The van der Waals surface area contributed by atoms with Crippen LogP contribution in [0.1, 0.15) is 30.1 Å². The number of thioether (sulfide) groups is 1. The second-order valence-electron chi connectivity index (χ2n) is 4.28. The Morgan fingerprint density at radius 2 is 2.28 bits per heavy atom. The Morgan fingerprint density at radius 3 is 3.00 bits per heavy atom. The molecule has 18 heavy (non-hydrogen) atoms. The summed E-state index contributed by atoms with van der Waals surface area (Å²) in [6, 6.07) is 5.46. The van der Waals surface area contributed by atoms with Gasteiger partial charge in [-0.2, -0.15) is 0 Å². The molecule has 1 aromatic carbocycles. The van der Waals surface area contributed by atoms with Crippen LogP contribution in [0.3, 0.4) is 0 Å². The van der Waals surface area contributed by atoms with Gasteiger partial charge in [-0.3, -0.25) is 9.59 Å². The molecule has 96 valence electrons. The van der Waals surface area contributed by atoms with Crippen LogP contribution in [-0.4, -0.2) is 23.5 Å². The Kier molecular flexibility index (Phi) is 4.04. The smallest absolute Gasteiger partial charge is 0.237 e. The molecule has 1 aromatic rings. The highest BCUT2D eigenvalue weighted by molar-refractivity contribution is 8.00. The summed E-state index contributed by atoms with van der Waals surface area (Å²) in [6.45, 7) is 2.38. The summed E-state index contributed by atoms with van der Waals surface area (Å²) in [6.07, 6.45) is 1.14. The van der Waals surface area contributed by atoms with Crippen LogP contribution in [0.25, 0.3) is 0 Å². The zero-order valence-electron chi connectivity index (χ0n) is 10.2. The van der Waals surface area contributed by atoms with Gasteiger partial charge in [0.25, 0.3) is 0 Å². The zero-order valence-corrected chi connectivity index (χ0v) is 11.0. The van der Waals surface area contributed by atoms with Gasteiger partial charge in [0.15, 0.2) is 5.78 Å². The van der Waals surface area contributed by atoms with Gasteiger partial charge in [-0.1, -0.05) is 6.07 Å². The maximum Gasteiger partial charge on any atom is 0.237 e. The third kappa shape index (κ3) is 2.73. The summed E-state index contributed by atoms with van der Waals surface area (Å²) in [7, 11) is 0. The van der Waals surface area contributed by atoms with Crippen molar-refractivity contribution in [1.29, 1.82) is 0 Å². The molecular formula is C13H16N2O2S. The van der Waals surface area contributed by atoms with Crippen LogP contribution in [0.2, 0.25) is 0 Å². The van der Waals surface area contributed by atoms with Gasteiger partial charge >= 0.3 is 0 Å². The van der Waals surface area contributed by atoms with Gasteiger partial charge in [0.1, 0.15) is 0 Å². The number of nitrogens with two attached hydrogens (primary N) is 1. The highest BCUT2D eigenvalue weighted by Gasteiger charge is 2.23. The van der Waals surface area contributed by atoms with Crippen LogP contribution >= 0.6 is 11.8 Å². The van der Waals surface area contributed by atoms with Crippen LogP contribution < -0.4 is 11.1 Å². The molecule has 4 nitrogen and oxygen atoms in total. The number of hydrogen-bond donors (Lipinski definition) is 2. The van der Waals surface area contributed by atoms with E-state index in [4.69, 9.17) is 5.73 Å². The van der Waals surface area contributed by atoms with Crippen molar-refractivity contribution in [1.82, 2.24) is 0 Å². The Balaban J connectivity index is 2.19. The first kappa shape index (κ1) is 13.1. The molecule has 1 atom stereocenters. The quantitative estimate of drug-likeness (QED) is 0.816. The van der Waals surface area contributed by atoms with Crippen LogP contribution in [0.15, 0.2) is 23.1 Å². The summed E-state index contributed by atoms with van der Waals surface area (Å²) in [5.74, 6) is 0.0557. The molecule has 0 aromatic heterocycles. The summed E-state index contributed by atoms with van der Waals surface area (Å²) in [5.41, 5.74) is 6.76. The number of nitrogens with one attached hydrogen (secondary N) is 1. The van der Waals surface area contributed by atoms with E-state index in [0.717, 1.165) is 10.6 Å². The SMILES string of the molecule is CC1Sc2ccc(C(=O)CCCN)cc2NC1=O. The van der Waals surface area contributed by atoms with Crippen molar-refractivity contribution in [3.8, 4) is 0 Å². The lowest BCUT2D eigenvalue weighted by Crippen LogP contribution is -2.26. The summed E-state index contributed by atoms with van der Waals surface area (Å²) in [4.78, 5) is 24.4. The molecular weight excluding hydrogens is 248 g/mol. The lowest BCUT2D eigenvalue weighted by molar-refractivity contribution is -0.115. The van der Waals surface area contributed by atoms with Gasteiger partial charge in [-0.15, -0.1) is 11.8 Å². The number of hydrogen-bond acceptors (Lipinski definition) is 4. The fourth-order valence-electron chi connectivity index (χ4n) is 1.79. The highest BCUT2D eigenvalue weighted by Crippen LogP contribution is 2.36. The van der Waals surface area contributed by atoms with Crippen molar-refractivity contribution in [3.05, 3.63) is 23.8 Å². The third-order valence-electron chi connectivity index (χ3n) is 2.84. The molecule has 0 saturated heterocycles. The topological polar surface area (TPSA) is 72.2 Å². The molecule has 1 heterocycles. The van der Waals surface area contributed by atoms with E-state index in [2.05, 4.69) is 5.32 Å². The predicted molar refractivity (Wildman–Crippen MR) is 73.0 cm³/mol. The lowest BCUT2D eigenvalue weighted by Gasteiger charge is -2.21. The van der Waals surface area contributed by atoms with Crippen molar-refractivity contribution >= 4 is 29.1 Å². The molecule has 1 aliphatic rings. The first-order chi connectivity index (χ1) is 8.61. The molecule has 0 radical (unpaired) electrons. The molecule has 0 aliphatic carbocycles. The van der Waals surface area contributed by atoms with Gasteiger partial charge in [0, 0.05) is 16.9 Å². The number of amides is 1. The van der Waals surface area contributed by atoms with Gasteiger partial charge in [0.2, 0.25) is 5.91 Å². The number of Topliss-reactive ketones (excluding diaryl/α,β-unsaturated/α-hetero) is 1. The Morgan fingerprint density at radius 1 is 1.50 bits per heavy atom. The van der Waals surface area contributed by atoms with E-state index in [9.17, 15) is 9.59 Å². The number of fused-ring (bicyclic) bond motifs is 1. The summed E-state index contributed by atoms with van der Waals surface area (Å²) >= 11 is 1.51. The number of carbonyl (C=O) groups excluding carboxylic acids is 2. The second-order valence-corrected chi connectivity index (χ2v) is 5.66. The average Bonchev–Trinajstić information content (AvgIpc) is 2.36. The minimum atomic E-state index is -0.0868. The minimum Gasteiger partial charge on any atom is -0.330 e. The Hall–Kier alpha value is -1.33. The predicted octanol–water partition coefficient (Wildman–Crippen LogP) is 2.04. The van der Waals surface area contributed by atoms with Crippen molar-refractivity contribution in [2.75, 3.05) is 11.9 Å². The standard InChI is InChI=1S/C13H16N2O2S/c1-8-13(17)15-10-7-9(4-5-12(10)18-8)11(16)3-2-6-14/h4-5,7-8H,2-3,6,14H2,1H3,(H,15,17). The van der Waals surface area contributed by atoms with E-state index in [1.54, 1.807) is 6.07 Å². The number of benzene rings is 1. The van der Waals surface area contributed by atoms with Crippen molar-refractivity contribution in [2.45, 2.75) is 29.9 Å². The van der Waals surface area contributed by atoms with E-state index < -0.39 is 0 Å². The monoisotopic (exact) mass is 264 g/mol. The van der Waals surface area contributed by atoms with Crippen molar-refractivity contribution in [2.24, 2.45) is 5.73 Å². The molecule has 5 heteroatoms. The van der Waals surface area contributed by atoms with Crippen molar-refractivity contribution < 1.29 is 9.59 Å². The molecule has 0 spiro atoms. The van der Waals surface area contributed by atoms with E-state index in [1.165, 1.54) is 11.8 Å². The van der Waals surface area contributed by atoms with E-state index in [0.29, 0.717) is 24.9 Å². The lowest BCUT2D eigenvalue weighted by atomic mass is 10.1. The van der Waals surface area contributed by atoms with Gasteiger partial charge < -0.3 is 11.1 Å². The molecule has 1 unspecified atom stereocenters. The fourth-order valence-corrected chi connectivity index (χ4v) is 2.72. The van der Waals surface area contributed by atoms with E-state index in [-0.39, 0.29) is 16.9 Å². The number of rotatable bonds is 4. The van der Waals surface area contributed by atoms with Gasteiger partial charge in [-0.25, -0.2) is 0 Å². The Labute approximate surface area is 110 Å². The molecule has 3 N–H and O–H groups in total. The van der Waals surface area contributed by atoms with E-state index >= 15 is 0 Å². The number of ketones is 1.